The third kappa shape index (κ3) is 1.38. The highest BCUT2D eigenvalue weighted by molar-refractivity contribution is 5.89. The van der Waals surface area contributed by atoms with Crippen LogP contribution < -0.4 is 0 Å². The van der Waals surface area contributed by atoms with Crippen LogP contribution in [0.15, 0.2) is 12.2 Å². The Bertz CT molecular complexity index is 234. The van der Waals surface area contributed by atoms with Crippen molar-refractivity contribution in [1.29, 1.82) is 0 Å². The summed E-state index contributed by atoms with van der Waals surface area (Å²) in [5.74, 6) is 1.81. The summed E-state index contributed by atoms with van der Waals surface area (Å²) in [5, 5.41) is 0. The van der Waals surface area contributed by atoms with Crippen LogP contribution in [-0.2, 0) is 9.53 Å². The number of rotatable bonds is 3. The number of fused-ring (bicyclic) bond motifs is 1. The molecule has 2 atom stereocenters. The SMILES string of the molecule is C=C(C(=O)OCC)C1C2CCCC21. The summed E-state index contributed by atoms with van der Waals surface area (Å²) in [6, 6.07) is 0. The third-order valence-corrected chi connectivity index (χ3v) is 3.35. The van der Waals surface area contributed by atoms with Crippen LogP contribution in [0.1, 0.15) is 26.2 Å². The number of ether oxygens (including phenoxy) is 1. The second kappa shape index (κ2) is 3.17. The molecule has 0 amide bonds. The van der Waals surface area contributed by atoms with Crippen LogP contribution in [0.4, 0.5) is 0 Å². The summed E-state index contributed by atoms with van der Waals surface area (Å²) in [5.41, 5.74) is 0.719. The van der Waals surface area contributed by atoms with E-state index in [4.69, 9.17) is 4.74 Å². The largest absolute Gasteiger partial charge is 0.463 e. The molecular formula is C11H16O2. The number of carbonyl (C=O) groups is 1. The van der Waals surface area contributed by atoms with Gasteiger partial charge in [0.2, 0.25) is 0 Å². The van der Waals surface area contributed by atoms with Gasteiger partial charge in [0.1, 0.15) is 0 Å². The van der Waals surface area contributed by atoms with Crippen LogP contribution in [0.3, 0.4) is 0 Å². The number of hydrogen-bond donors (Lipinski definition) is 0. The molecule has 2 rings (SSSR count). The summed E-state index contributed by atoms with van der Waals surface area (Å²) < 4.78 is 4.93. The normalized spacial score (nSPS) is 35.3. The van der Waals surface area contributed by atoms with E-state index < -0.39 is 0 Å². The van der Waals surface area contributed by atoms with E-state index in [1.54, 1.807) is 0 Å². The molecule has 0 aromatic carbocycles. The lowest BCUT2D eigenvalue weighted by molar-refractivity contribution is -0.138. The molecule has 0 radical (unpaired) electrons. The van der Waals surface area contributed by atoms with Gasteiger partial charge < -0.3 is 4.74 Å². The summed E-state index contributed by atoms with van der Waals surface area (Å²) in [6.07, 6.45) is 3.91. The quantitative estimate of drug-likeness (QED) is 0.491. The Hall–Kier alpha value is -0.790. The molecule has 72 valence electrons. The molecular weight excluding hydrogens is 164 g/mol. The monoisotopic (exact) mass is 180 g/mol. The predicted octanol–water partition coefficient (Wildman–Crippen LogP) is 2.15. The van der Waals surface area contributed by atoms with Crippen LogP contribution in [0, 0.1) is 17.8 Å². The van der Waals surface area contributed by atoms with E-state index >= 15 is 0 Å². The molecule has 2 aliphatic rings. The van der Waals surface area contributed by atoms with Crippen LogP contribution in [0.25, 0.3) is 0 Å². The van der Waals surface area contributed by atoms with Gasteiger partial charge in [-0.05, 0) is 37.5 Å². The molecule has 13 heavy (non-hydrogen) atoms. The Morgan fingerprint density at radius 1 is 1.46 bits per heavy atom. The lowest BCUT2D eigenvalue weighted by atomic mass is 10.1. The van der Waals surface area contributed by atoms with E-state index in [2.05, 4.69) is 6.58 Å². The highest BCUT2D eigenvalue weighted by Gasteiger charge is 2.55. The van der Waals surface area contributed by atoms with Gasteiger partial charge >= 0.3 is 5.97 Å². The van der Waals surface area contributed by atoms with Gasteiger partial charge in [-0.25, -0.2) is 4.79 Å². The Morgan fingerprint density at radius 2 is 2.08 bits per heavy atom. The molecule has 0 bridgehead atoms. The highest BCUT2D eigenvalue weighted by atomic mass is 16.5. The molecule has 0 heterocycles. The van der Waals surface area contributed by atoms with Crippen molar-refractivity contribution in [3.63, 3.8) is 0 Å². The maximum absolute atomic E-state index is 11.3. The minimum Gasteiger partial charge on any atom is -0.463 e. The Morgan fingerprint density at radius 3 is 2.62 bits per heavy atom. The Kier molecular flexibility index (Phi) is 2.14. The molecule has 2 unspecified atom stereocenters. The molecule has 2 saturated carbocycles. The second-order valence-corrected chi connectivity index (χ2v) is 4.03. The summed E-state index contributed by atoms with van der Waals surface area (Å²) in [7, 11) is 0. The smallest absolute Gasteiger partial charge is 0.333 e. The standard InChI is InChI=1S/C11H16O2/c1-3-13-11(12)7(2)10-8-5-4-6-9(8)10/h8-10H,2-6H2,1H3. The average molecular weight is 180 g/mol. The fourth-order valence-electron chi connectivity index (χ4n) is 2.70. The minimum atomic E-state index is -0.179. The zero-order valence-electron chi connectivity index (χ0n) is 8.08. The Labute approximate surface area is 79.0 Å². The second-order valence-electron chi connectivity index (χ2n) is 4.03. The number of esters is 1. The molecule has 0 N–H and O–H groups in total. The zero-order valence-corrected chi connectivity index (χ0v) is 8.08. The fraction of sp³-hybridized carbons (Fsp3) is 0.727. The first-order valence-corrected chi connectivity index (χ1v) is 5.11. The molecule has 2 heteroatoms. The lowest BCUT2D eigenvalue weighted by Gasteiger charge is -2.06. The first-order chi connectivity index (χ1) is 6.25. The fourth-order valence-corrected chi connectivity index (χ4v) is 2.70. The molecule has 0 aromatic heterocycles. The molecule has 2 aliphatic carbocycles. The van der Waals surface area contributed by atoms with Crippen molar-refractivity contribution in [2.24, 2.45) is 17.8 Å². The van der Waals surface area contributed by atoms with E-state index in [1.165, 1.54) is 19.3 Å². The maximum atomic E-state index is 11.3. The molecule has 0 aliphatic heterocycles. The summed E-state index contributed by atoms with van der Waals surface area (Å²) >= 11 is 0. The molecule has 2 nitrogen and oxygen atoms in total. The Balaban J connectivity index is 1.89. The lowest BCUT2D eigenvalue weighted by Crippen LogP contribution is -2.10. The van der Waals surface area contributed by atoms with Crippen molar-refractivity contribution in [2.75, 3.05) is 6.61 Å². The van der Waals surface area contributed by atoms with E-state index in [0.717, 1.165) is 17.4 Å². The van der Waals surface area contributed by atoms with Gasteiger partial charge in [-0.1, -0.05) is 13.0 Å². The first-order valence-electron chi connectivity index (χ1n) is 5.11. The van der Waals surface area contributed by atoms with Gasteiger partial charge in [0, 0.05) is 5.57 Å². The van der Waals surface area contributed by atoms with Crippen LogP contribution in [0.2, 0.25) is 0 Å². The van der Waals surface area contributed by atoms with Gasteiger partial charge in [0.05, 0.1) is 6.61 Å². The number of hydrogen-bond acceptors (Lipinski definition) is 2. The van der Waals surface area contributed by atoms with Gasteiger partial charge in [0.15, 0.2) is 0 Å². The molecule has 0 saturated heterocycles. The van der Waals surface area contributed by atoms with Crippen molar-refractivity contribution >= 4 is 5.97 Å². The van der Waals surface area contributed by atoms with Crippen molar-refractivity contribution in [2.45, 2.75) is 26.2 Å². The molecule has 0 spiro atoms. The summed E-state index contributed by atoms with van der Waals surface area (Å²) in [6.45, 7) is 6.13. The van der Waals surface area contributed by atoms with Crippen molar-refractivity contribution in [1.82, 2.24) is 0 Å². The van der Waals surface area contributed by atoms with Gasteiger partial charge in [-0.15, -0.1) is 0 Å². The zero-order chi connectivity index (χ0) is 9.42. The van der Waals surface area contributed by atoms with Gasteiger partial charge in [-0.2, -0.15) is 0 Å². The van der Waals surface area contributed by atoms with Crippen LogP contribution >= 0.6 is 0 Å². The first kappa shape index (κ1) is 8.79. The molecule has 2 fully saturated rings. The average Bonchev–Trinajstić information content (AvgIpc) is 2.58. The van der Waals surface area contributed by atoms with E-state index in [9.17, 15) is 4.79 Å². The predicted molar refractivity (Wildman–Crippen MR) is 50.1 cm³/mol. The number of carbonyl (C=O) groups excluding carboxylic acids is 1. The van der Waals surface area contributed by atoms with Crippen molar-refractivity contribution in [3.8, 4) is 0 Å². The van der Waals surface area contributed by atoms with E-state index in [1.807, 2.05) is 6.92 Å². The van der Waals surface area contributed by atoms with Crippen LogP contribution in [0.5, 0.6) is 0 Å². The van der Waals surface area contributed by atoms with Gasteiger partial charge in [0.25, 0.3) is 0 Å². The van der Waals surface area contributed by atoms with E-state index in [-0.39, 0.29) is 5.97 Å². The van der Waals surface area contributed by atoms with Crippen molar-refractivity contribution in [3.05, 3.63) is 12.2 Å². The highest BCUT2D eigenvalue weighted by Crippen LogP contribution is 2.60. The minimum absolute atomic E-state index is 0.179. The topological polar surface area (TPSA) is 26.3 Å². The third-order valence-electron chi connectivity index (χ3n) is 3.35. The maximum Gasteiger partial charge on any atom is 0.333 e. The summed E-state index contributed by atoms with van der Waals surface area (Å²) in [4.78, 5) is 11.3. The molecule has 0 aromatic rings. The van der Waals surface area contributed by atoms with Crippen molar-refractivity contribution < 1.29 is 9.53 Å². The van der Waals surface area contributed by atoms with E-state index in [0.29, 0.717) is 12.5 Å². The van der Waals surface area contributed by atoms with Crippen LogP contribution in [-0.4, -0.2) is 12.6 Å². The van der Waals surface area contributed by atoms with Gasteiger partial charge in [-0.3, -0.25) is 0 Å².